The van der Waals surface area contributed by atoms with Crippen molar-refractivity contribution in [1.82, 2.24) is 10.2 Å². The largest absolute Gasteiger partial charge is 0.480 e. The highest BCUT2D eigenvalue weighted by Crippen LogP contribution is 2.44. The van der Waals surface area contributed by atoms with E-state index in [4.69, 9.17) is 9.47 Å². The maximum atomic E-state index is 13.2. The number of hydrogen-bond donors (Lipinski definition) is 2. The standard InChI is InChI=1S/C25H28N2O6/c1-3-21(22(28)29)27(2)23(30)25(12-13-32-15-25)26-24(31)33-14-20-18-10-6-4-8-16(18)17-9-5-7-11-19(17)20/h4-11,20-21H,3,12-15H2,1-2H3,(H,26,31)(H,28,29). The van der Waals surface area contributed by atoms with Crippen LogP contribution in [0.4, 0.5) is 4.79 Å². The maximum Gasteiger partial charge on any atom is 0.408 e. The fraction of sp³-hybridized carbons (Fsp3) is 0.400. The number of alkyl carbamates (subject to hydrolysis) is 1. The van der Waals surface area contributed by atoms with E-state index in [1.807, 2.05) is 36.4 Å². The van der Waals surface area contributed by atoms with Crippen LogP contribution in [0.15, 0.2) is 48.5 Å². The molecule has 0 spiro atoms. The molecule has 2 atom stereocenters. The van der Waals surface area contributed by atoms with Gasteiger partial charge in [0.25, 0.3) is 5.91 Å². The Morgan fingerprint density at radius 3 is 2.27 bits per heavy atom. The number of ether oxygens (including phenoxy) is 2. The van der Waals surface area contributed by atoms with Crippen molar-refractivity contribution in [3.63, 3.8) is 0 Å². The molecule has 1 saturated heterocycles. The molecule has 1 aliphatic carbocycles. The Morgan fingerprint density at radius 1 is 1.15 bits per heavy atom. The van der Waals surface area contributed by atoms with Crippen LogP contribution in [0.1, 0.15) is 36.8 Å². The number of carboxylic acid groups (broad SMARTS) is 1. The summed E-state index contributed by atoms with van der Waals surface area (Å²) in [7, 11) is 1.43. The van der Waals surface area contributed by atoms with E-state index < -0.39 is 29.6 Å². The van der Waals surface area contributed by atoms with E-state index >= 15 is 0 Å². The van der Waals surface area contributed by atoms with Crippen LogP contribution < -0.4 is 5.32 Å². The monoisotopic (exact) mass is 452 g/mol. The molecule has 0 aromatic heterocycles. The summed E-state index contributed by atoms with van der Waals surface area (Å²) in [6.07, 6.45) is -0.233. The number of benzene rings is 2. The number of fused-ring (bicyclic) bond motifs is 3. The highest BCUT2D eigenvalue weighted by atomic mass is 16.6. The number of amides is 2. The van der Waals surface area contributed by atoms with Gasteiger partial charge in [-0.15, -0.1) is 0 Å². The zero-order valence-electron chi connectivity index (χ0n) is 18.7. The van der Waals surface area contributed by atoms with Gasteiger partial charge in [-0.25, -0.2) is 9.59 Å². The smallest absolute Gasteiger partial charge is 0.408 e. The third-order valence-electron chi connectivity index (χ3n) is 6.58. The van der Waals surface area contributed by atoms with Crippen molar-refractivity contribution in [3.05, 3.63) is 59.7 Å². The van der Waals surface area contributed by atoms with Gasteiger partial charge in [-0.05, 0) is 28.7 Å². The Hall–Kier alpha value is -3.39. The van der Waals surface area contributed by atoms with Crippen LogP contribution in [-0.2, 0) is 19.1 Å². The van der Waals surface area contributed by atoms with Gasteiger partial charge in [0, 0.05) is 26.0 Å². The van der Waals surface area contributed by atoms with Gasteiger partial charge in [0.15, 0.2) is 0 Å². The number of carboxylic acids is 1. The van der Waals surface area contributed by atoms with E-state index in [0.717, 1.165) is 22.3 Å². The summed E-state index contributed by atoms with van der Waals surface area (Å²) >= 11 is 0. The molecule has 1 heterocycles. The van der Waals surface area contributed by atoms with Crippen LogP contribution in [0.3, 0.4) is 0 Å². The Balaban J connectivity index is 1.48. The Labute approximate surface area is 192 Å². The SMILES string of the molecule is CCC(C(=O)O)N(C)C(=O)C1(NC(=O)OCC2c3ccccc3-c3ccccc32)CCOC1. The van der Waals surface area contributed by atoms with Gasteiger partial charge in [-0.2, -0.15) is 0 Å². The molecule has 2 aromatic rings. The summed E-state index contributed by atoms with van der Waals surface area (Å²) in [5.41, 5.74) is 3.08. The lowest BCUT2D eigenvalue weighted by molar-refractivity contribution is -0.152. The minimum Gasteiger partial charge on any atom is -0.480 e. The van der Waals surface area contributed by atoms with Gasteiger partial charge in [0.05, 0.1) is 6.61 Å². The third kappa shape index (κ3) is 4.18. The van der Waals surface area contributed by atoms with Crippen LogP contribution in [0, 0.1) is 0 Å². The predicted molar refractivity (Wildman–Crippen MR) is 121 cm³/mol. The van der Waals surface area contributed by atoms with Crippen molar-refractivity contribution in [2.75, 3.05) is 26.9 Å². The molecule has 2 N–H and O–H groups in total. The van der Waals surface area contributed by atoms with Crippen LogP contribution >= 0.6 is 0 Å². The van der Waals surface area contributed by atoms with Gasteiger partial charge >= 0.3 is 12.1 Å². The van der Waals surface area contributed by atoms with Gasteiger partial charge in [0.1, 0.15) is 18.2 Å². The molecule has 174 valence electrons. The summed E-state index contributed by atoms with van der Waals surface area (Å²) in [5.74, 6) is -1.69. The summed E-state index contributed by atoms with van der Waals surface area (Å²) in [6, 6.07) is 15.1. The topological polar surface area (TPSA) is 105 Å². The van der Waals surface area contributed by atoms with Gasteiger partial charge in [-0.1, -0.05) is 55.5 Å². The lowest BCUT2D eigenvalue weighted by atomic mass is 9.95. The molecule has 2 unspecified atom stereocenters. The number of rotatable bonds is 7. The van der Waals surface area contributed by atoms with Crippen molar-refractivity contribution >= 4 is 18.0 Å². The van der Waals surface area contributed by atoms with E-state index in [0.29, 0.717) is 0 Å². The third-order valence-corrected chi connectivity index (χ3v) is 6.58. The number of hydrogen-bond acceptors (Lipinski definition) is 5. The van der Waals surface area contributed by atoms with Crippen molar-refractivity contribution < 1.29 is 29.0 Å². The van der Waals surface area contributed by atoms with Crippen molar-refractivity contribution in [1.29, 1.82) is 0 Å². The first-order valence-corrected chi connectivity index (χ1v) is 11.1. The normalized spacial score (nSPS) is 19.9. The highest BCUT2D eigenvalue weighted by molar-refractivity contribution is 5.93. The Morgan fingerprint density at radius 2 is 1.76 bits per heavy atom. The molecule has 33 heavy (non-hydrogen) atoms. The van der Waals surface area contributed by atoms with E-state index in [-0.39, 0.29) is 38.6 Å². The molecule has 0 saturated carbocycles. The lowest BCUT2D eigenvalue weighted by Gasteiger charge is -2.34. The summed E-state index contributed by atoms with van der Waals surface area (Å²) in [5, 5.41) is 12.1. The number of nitrogens with one attached hydrogen (secondary N) is 1. The molecule has 4 rings (SSSR count). The molecule has 2 aliphatic rings. The minimum atomic E-state index is -1.35. The second kappa shape index (κ2) is 9.23. The minimum absolute atomic E-state index is 0.0313. The van der Waals surface area contributed by atoms with Gasteiger partial charge in [-0.3, -0.25) is 4.79 Å². The molecule has 1 fully saturated rings. The predicted octanol–water partition coefficient (Wildman–Crippen LogP) is 3.01. The molecule has 0 bridgehead atoms. The van der Waals surface area contributed by atoms with Crippen molar-refractivity contribution in [3.8, 4) is 11.1 Å². The fourth-order valence-electron chi connectivity index (χ4n) is 4.81. The number of carbonyl (C=O) groups is 3. The van der Waals surface area contributed by atoms with Gasteiger partial charge in [0.2, 0.25) is 0 Å². The average Bonchev–Trinajstić information content (AvgIpc) is 3.41. The number of nitrogens with zero attached hydrogens (tertiary/aromatic N) is 1. The second-order valence-corrected chi connectivity index (χ2v) is 8.51. The summed E-state index contributed by atoms with van der Waals surface area (Å²) < 4.78 is 11.0. The van der Waals surface area contributed by atoms with E-state index in [1.165, 1.54) is 11.9 Å². The second-order valence-electron chi connectivity index (χ2n) is 8.51. The number of likely N-dealkylation sites (N-methyl/N-ethyl adjacent to an activating group) is 1. The summed E-state index contributed by atoms with van der Waals surface area (Å²) in [6.45, 7) is 2.07. The van der Waals surface area contributed by atoms with E-state index in [1.54, 1.807) is 6.92 Å². The van der Waals surface area contributed by atoms with Crippen molar-refractivity contribution in [2.45, 2.75) is 37.3 Å². The van der Waals surface area contributed by atoms with E-state index in [9.17, 15) is 19.5 Å². The summed E-state index contributed by atoms with van der Waals surface area (Å²) in [4.78, 5) is 38.7. The molecule has 2 aromatic carbocycles. The van der Waals surface area contributed by atoms with Crippen molar-refractivity contribution in [2.24, 2.45) is 0 Å². The molecular weight excluding hydrogens is 424 g/mol. The van der Waals surface area contributed by atoms with E-state index in [2.05, 4.69) is 17.4 Å². The first-order valence-electron chi connectivity index (χ1n) is 11.1. The fourth-order valence-corrected chi connectivity index (χ4v) is 4.81. The first-order chi connectivity index (χ1) is 15.9. The number of carbonyl (C=O) groups excluding carboxylic acids is 2. The van der Waals surface area contributed by atoms with Crippen LogP contribution in [-0.4, -0.2) is 66.4 Å². The van der Waals surface area contributed by atoms with Crippen LogP contribution in [0.25, 0.3) is 11.1 Å². The molecule has 1 aliphatic heterocycles. The zero-order chi connectivity index (χ0) is 23.6. The molecule has 8 heteroatoms. The maximum absolute atomic E-state index is 13.2. The van der Waals surface area contributed by atoms with Crippen LogP contribution in [0.2, 0.25) is 0 Å². The first kappa shape index (κ1) is 22.8. The molecular formula is C25H28N2O6. The quantitative estimate of drug-likeness (QED) is 0.669. The highest BCUT2D eigenvalue weighted by Gasteiger charge is 2.47. The Bertz CT molecular complexity index is 1020. The Kier molecular flexibility index (Phi) is 6.37. The van der Waals surface area contributed by atoms with Crippen LogP contribution in [0.5, 0.6) is 0 Å². The average molecular weight is 453 g/mol. The molecule has 8 nitrogen and oxygen atoms in total. The number of aliphatic carboxylic acids is 1. The molecule has 2 amide bonds. The molecule has 0 radical (unpaired) electrons. The van der Waals surface area contributed by atoms with Gasteiger partial charge < -0.3 is 24.8 Å². The lowest BCUT2D eigenvalue weighted by Crippen LogP contribution is -2.62. The zero-order valence-corrected chi connectivity index (χ0v) is 18.7.